The van der Waals surface area contributed by atoms with Crippen molar-refractivity contribution in [1.82, 2.24) is 14.7 Å². The maximum atomic E-state index is 13.3. The van der Waals surface area contributed by atoms with Crippen molar-refractivity contribution in [2.45, 2.75) is 13.5 Å². The average molecular weight is 349 g/mol. The van der Waals surface area contributed by atoms with Gasteiger partial charge in [-0.05, 0) is 42.8 Å². The van der Waals surface area contributed by atoms with E-state index in [4.69, 9.17) is 0 Å². The minimum atomic E-state index is -0.296. The lowest BCUT2D eigenvalue weighted by Crippen LogP contribution is -2.28. The van der Waals surface area contributed by atoms with E-state index in [1.165, 1.54) is 18.2 Å². The molecule has 0 fully saturated rings. The number of para-hydroxylation sites is 1. The Morgan fingerprint density at radius 3 is 2.73 bits per heavy atom. The molecule has 0 unspecified atom stereocenters. The molecule has 3 aromatic rings. The maximum Gasteiger partial charge on any atom is 0.246 e. The fraction of sp³-hybridized carbons (Fsp3) is 0.143. The van der Waals surface area contributed by atoms with Crippen LogP contribution in [0.4, 0.5) is 4.39 Å². The van der Waals surface area contributed by atoms with Crippen LogP contribution in [0.2, 0.25) is 0 Å². The molecule has 4 nitrogen and oxygen atoms in total. The monoisotopic (exact) mass is 349 g/mol. The Morgan fingerprint density at radius 2 is 2.00 bits per heavy atom. The summed E-state index contributed by atoms with van der Waals surface area (Å²) in [6, 6.07) is 16.1. The van der Waals surface area contributed by atoms with Gasteiger partial charge in [0.25, 0.3) is 0 Å². The molecular formula is C21H20FN3O. The van der Waals surface area contributed by atoms with E-state index in [1.807, 2.05) is 49.5 Å². The van der Waals surface area contributed by atoms with E-state index in [-0.39, 0.29) is 11.7 Å². The molecule has 0 aliphatic rings. The van der Waals surface area contributed by atoms with Gasteiger partial charge in [0.1, 0.15) is 5.82 Å². The van der Waals surface area contributed by atoms with E-state index in [0.29, 0.717) is 13.1 Å². The fourth-order valence-electron chi connectivity index (χ4n) is 2.62. The second kappa shape index (κ2) is 8.25. The second-order valence-electron chi connectivity index (χ2n) is 5.87. The molecule has 0 radical (unpaired) electrons. The standard InChI is InChI=1S/C21H20FN3O/c1-2-24(15-17-7-6-8-19(22)13-17)21(26)12-11-18-14-23-25(16-18)20-9-4-3-5-10-20/h3-14,16H,2,15H2,1H3/b12-11+. The van der Waals surface area contributed by atoms with Gasteiger partial charge < -0.3 is 4.90 Å². The van der Waals surface area contributed by atoms with Crippen molar-refractivity contribution in [3.63, 3.8) is 0 Å². The molecule has 3 rings (SSSR count). The summed E-state index contributed by atoms with van der Waals surface area (Å²) in [5, 5.41) is 4.31. The Hall–Kier alpha value is -3.21. The van der Waals surface area contributed by atoms with Crippen molar-refractivity contribution >= 4 is 12.0 Å². The summed E-state index contributed by atoms with van der Waals surface area (Å²) in [5.41, 5.74) is 2.56. The topological polar surface area (TPSA) is 38.1 Å². The van der Waals surface area contributed by atoms with Crippen LogP contribution in [0.3, 0.4) is 0 Å². The summed E-state index contributed by atoms with van der Waals surface area (Å²) in [4.78, 5) is 14.1. The molecule has 0 bridgehead atoms. The van der Waals surface area contributed by atoms with Crippen LogP contribution in [0.1, 0.15) is 18.1 Å². The summed E-state index contributed by atoms with van der Waals surface area (Å²) >= 11 is 0. The molecule has 0 saturated carbocycles. The summed E-state index contributed by atoms with van der Waals surface area (Å²) < 4.78 is 15.1. The first-order chi connectivity index (χ1) is 12.7. The Balaban J connectivity index is 1.67. The second-order valence-corrected chi connectivity index (χ2v) is 5.87. The van der Waals surface area contributed by atoms with Crippen molar-refractivity contribution in [3.05, 3.63) is 90.0 Å². The van der Waals surface area contributed by atoms with Gasteiger partial charge >= 0.3 is 0 Å². The molecule has 0 aliphatic heterocycles. The van der Waals surface area contributed by atoms with Gasteiger partial charge in [-0.2, -0.15) is 5.10 Å². The SMILES string of the molecule is CCN(Cc1cccc(F)c1)C(=O)/C=C/c1cnn(-c2ccccc2)c1. The lowest BCUT2D eigenvalue weighted by atomic mass is 10.2. The largest absolute Gasteiger partial charge is 0.335 e. The molecule has 2 aromatic carbocycles. The van der Waals surface area contributed by atoms with Gasteiger partial charge in [0, 0.05) is 30.9 Å². The number of benzene rings is 2. The number of hydrogen-bond donors (Lipinski definition) is 0. The molecule has 0 aliphatic carbocycles. The fourth-order valence-corrected chi connectivity index (χ4v) is 2.62. The molecule has 0 saturated heterocycles. The predicted octanol–water partition coefficient (Wildman–Crippen LogP) is 4.07. The number of hydrogen-bond acceptors (Lipinski definition) is 2. The molecule has 1 amide bonds. The Bertz CT molecular complexity index is 902. The van der Waals surface area contributed by atoms with Gasteiger partial charge in [-0.3, -0.25) is 4.79 Å². The summed E-state index contributed by atoms with van der Waals surface area (Å²) in [6.45, 7) is 2.82. The van der Waals surface area contributed by atoms with Gasteiger partial charge in [0.05, 0.1) is 11.9 Å². The molecule has 0 N–H and O–H groups in total. The van der Waals surface area contributed by atoms with Crippen LogP contribution in [0.5, 0.6) is 0 Å². The zero-order valence-corrected chi connectivity index (χ0v) is 14.5. The van der Waals surface area contributed by atoms with E-state index >= 15 is 0 Å². The normalized spacial score (nSPS) is 11.0. The third kappa shape index (κ3) is 4.45. The molecule has 5 heteroatoms. The third-order valence-electron chi connectivity index (χ3n) is 4.00. The highest BCUT2D eigenvalue weighted by molar-refractivity contribution is 5.91. The quantitative estimate of drug-likeness (QED) is 0.629. The summed E-state index contributed by atoms with van der Waals surface area (Å²) in [7, 11) is 0. The van der Waals surface area contributed by atoms with Crippen LogP contribution in [-0.4, -0.2) is 27.1 Å². The molecule has 1 aromatic heterocycles. The first kappa shape index (κ1) is 17.6. The number of likely N-dealkylation sites (N-methyl/N-ethyl adjacent to an activating group) is 1. The number of aromatic nitrogens is 2. The Labute approximate surface area is 152 Å². The lowest BCUT2D eigenvalue weighted by Gasteiger charge is -2.19. The molecule has 1 heterocycles. The Morgan fingerprint density at radius 1 is 1.19 bits per heavy atom. The highest BCUT2D eigenvalue weighted by atomic mass is 19.1. The molecule has 0 atom stereocenters. The van der Waals surface area contributed by atoms with Gasteiger partial charge in [-0.15, -0.1) is 0 Å². The molecule has 132 valence electrons. The smallest absolute Gasteiger partial charge is 0.246 e. The minimum absolute atomic E-state index is 0.121. The van der Waals surface area contributed by atoms with Gasteiger partial charge in [-0.25, -0.2) is 9.07 Å². The average Bonchev–Trinajstić information content (AvgIpc) is 3.14. The van der Waals surface area contributed by atoms with Gasteiger partial charge in [0.15, 0.2) is 0 Å². The number of nitrogens with zero attached hydrogens (tertiary/aromatic N) is 3. The van der Waals surface area contributed by atoms with Crippen molar-refractivity contribution < 1.29 is 9.18 Å². The summed E-state index contributed by atoms with van der Waals surface area (Å²) in [5.74, 6) is -0.418. The predicted molar refractivity (Wildman–Crippen MR) is 100 cm³/mol. The number of carbonyl (C=O) groups is 1. The van der Waals surface area contributed by atoms with Crippen LogP contribution < -0.4 is 0 Å². The maximum absolute atomic E-state index is 13.3. The number of rotatable bonds is 6. The zero-order chi connectivity index (χ0) is 18.4. The van der Waals surface area contributed by atoms with E-state index in [0.717, 1.165) is 16.8 Å². The van der Waals surface area contributed by atoms with Crippen LogP contribution >= 0.6 is 0 Å². The van der Waals surface area contributed by atoms with Crippen LogP contribution in [0.15, 0.2) is 73.1 Å². The number of amides is 1. The molecular weight excluding hydrogens is 329 g/mol. The first-order valence-corrected chi connectivity index (χ1v) is 8.47. The van der Waals surface area contributed by atoms with Crippen molar-refractivity contribution in [2.75, 3.05) is 6.54 Å². The van der Waals surface area contributed by atoms with Crippen LogP contribution in [-0.2, 0) is 11.3 Å². The molecule has 26 heavy (non-hydrogen) atoms. The van der Waals surface area contributed by atoms with Crippen molar-refractivity contribution in [1.29, 1.82) is 0 Å². The first-order valence-electron chi connectivity index (χ1n) is 8.47. The van der Waals surface area contributed by atoms with E-state index in [2.05, 4.69) is 5.10 Å². The van der Waals surface area contributed by atoms with E-state index in [9.17, 15) is 9.18 Å². The van der Waals surface area contributed by atoms with Gasteiger partial charge in [0.2, 0.25) is 5.91 Å². The highest BCUT2D eigenvalue weighted by Crippen LogP contribution is 2.11. The van der Waals surface area contributed by atoms with E-state index in [1.54, 1.807) is 27.9 Å². The Kier molecular flexibility index (Phi) is 5.59. The van der Waals surface area contributed by atoms with Crippen LogP contribution in [0, 0.1) is 5.82 Å². The lowest BCUT2D eigenvalue weighted by molar-refractivity contribution is -0.126. The minimum Gasteiger partial charge on any atom is -0.335 e. The molecule has 0 spiro atoms. The third-order valence-corrected chi connectivity index (χ3v) is 4.00. The number of carbonyl (C=O) groups excluding carboxylic acids is 1. The van der Waals surface area contributed by atoms with E-state index < -0.39 is 0 Å². The summed E-state index contributed by atoms with van der Waals surface area (Å²) in [6.07, 6.45) is 6.83. The van der Waals surface area contributed by atoms with Crippen LogP contribution in [0.25, 0.3) is 11.8 Å². The highest BCUT2D eigenvalue weighted by Gasteiger charge is 2.09. The van der Waals surface area contributed by atoms with Gasteiger partial charge in [-0.1, -0.05) is 30.3 Å². The van der Waals surface area contributed by atoms with Crippen molar-refractivity contribution in [2.24, 2.45) is 0 Å². The number of halogens is 1. The zero-order valence-electron chi connectivity index (χ0n) is 14.5. The van der Waals surface area contributed by atoms with Crippen molar-refractivity contribution in [3.8, 4) is 5.69 Å².